The highest BCUT2D eigenvalue weighted by molar-refractivity contribution is 5.93. The van der Waals surface area contributed by atoms with E-state index in [1.54, 1.807) is 31.4 Å². The van der Waals surface area contributed by atoms with Gasteiger partial charge in [0.2, 0.25) is 12.7 Å². The van der Waals surface area contributed by atoms with Crippen molar-refractivity contribution in [1.29, 1.82) is 0 Å². The van der Waals surface area contributed by atoms with E-state index in [1.165, 1.54) is 0 Å². The Morgan fingerprint density at radius 1 is 1.06 bits per heavy atom. The van der Waals surface area contributed by atoms with Gasteiger partial charge in [0.25, 0.3) is 0 Å². The standard InChI is InChI=1S/C24H29N3O6/c1-31-20-4-2-3-19(13-20)25-23(28)12-18(24(29)30)15-27-9-7-26(8-10-27)14-17-5-6-21-22(11-17)33-16-32-21/h2-6,11,13,18H,7-10,12,14-16H2,1H3,(H,25,28)(H,29,30)/t18-/m0/s1. The molecular weight excluding hydrogens is 426 g/mol. The summed E-state index contributed by atoms with van der Waals surface area (Å²) in [7, 11) is 1.55. The molecule has 2 aromatic rings. The lowest BCUT2D eigenvalue weighted by atomic mass is 10.0. The topological polar surface area (TPSA) is 101 Å². The molecule has 0 saturated carbocycles. The molecule has 0 radical (unpaired) electrons. The predicted octanol–water partition coefficient (Wildman–Crippen LogP) is 2.27. The first-order valence-corrected chi connectivity index (χ1v) is 11.0. The lowest BCUT2D eigenvalue weighted by molar-refractivity contribution is -0.144. The average Bonchev–Trinajstić information content (AvgIpc) is 3.28. The van der Waals surface area contributed by atoms with Gasteiger partial charge in [0.15, 0.2) is 11.5 Å². The van der Waals surface area contributed by atoms with Crippen molar-refractivity contribution < 1.29 is 28.9 Å². The van der Waals surface area contributed by atoms with Gasteiger partial charge in [-0.2, -0.15) is 0 Å². The van der Waals surface area contributed by atoms with Gasteiger partial charge in [0.1, 0.15) is 5.75 Å². The van der Waals surface area contributed by atoms with Gasteiger partial charge in [-0.1, -0.05) is 12.1 Å². The van der Waals surface area contributed by atoms with Crippen LogP contribution in [0.2, 0.25) is 0 Å². The van der Waals surface area contributed by atoms with Crippen LogP contribution in [0.15, 0.2) is 42.5 Å². The van der Waals surface area contributed by atoms with Gasteiger partial charge in [-0.15, -0.1) is 0 Å². The third-order valence-corrected chi connectivity index (χ3v) is 5.92. The second-order valence-corrected chi connectivity index (χ2v) is 8.28. The van der Waals surface area contributed by atoms with Gasteiger partial charge in [-0.05, 0) is 29.8 Å². The Morgan fingerprint density at radius 3 is 2.58 bits per heavy atom. The van der Waals surface area contributed by atoms with Crippen molar-refractivity contribution in [2.24, 2.45) is 5.92 Å². The fraction of sp³-hybridized carbons (Fsp3) is 0.417. The zero-order chi connectivity index (χ0) is 23.2. The highest BCUT2D eigenvalue weighted by Gasteiger charge is 2.27. The SMILES string of the molecule is COc1cccc(NC(=O)C[C@@H](CN2CCN(Cc3ccc4c(c3)OCO4)CC2)C(=O)O)c1. The van der Waals surface area contributed by atoms with E-state index in [0.29, 0.717) is 18.0 Å². The van der Waals surface area contributed by atoms with Crippen LogP contribution in [0, 0.1) is 5.92 Å². The van der Waals surface area contributed by atoms with Gasteiger partial charge in [-0.3, -0.25) is 19.4 Å². The molecular formula is C24H29N3O6. The minimum atomic E-state index is -0.960. The Morgan fingerprint density at radius 2 is 1.82 bits per heavy atom. The van der Waals surface area contributed by atoms with E-state index in [9.17, 15) is 14.7 Å². The van der Waals surface area contributed by atoms with E-state index < -0.39 is 11.9 Å². The lowest BCUT2D eigenvalue weighted by Crippen LogP contribution is -2.48. The summed E-state index contributed by atoms with van der Waals surface area (Å²) in [6.07, 6.45) is -0.0794. The van der Waals surface area contributed by atoms with Crippen LogP contribution in [0.25, 0.3) is 0 Å². The van der Waals surface area contributed by atoms with Gasteiger partial charge >= 0.3 is 5.97 Å². The zero-order valence-corrected chi connectivity index (χ0v) is 18.7. The number of rotatable bonds is 9. The maximum Gasteiger partial charge on any atom is 0.308 e. The number of piperazine rings is 1. The van der Waals surface area contributed by atoms with Crippen molar-refractivity contribution in [1.82, 2.24) is 9.80 Å². The maximum atomic E-state index is 12.4. The third-order valence-electron chi connectivity index (χ3n) is 5.92. The maximum absolute atomic E-state index is 12.4. The number of benzene rings is 2. The number of carboxylic acid groups (broad SMARTS) is 1. The predicted molar refractivity (Wildman–Crippen MR) is 122 cm³/mol. The molecule has 1 fully saturated rings. The number of carboxylic acids is 1. The molecule has 0 unspecified atom stereocenters. The van der Waals surface area contributed by atoms with Crippen molar-refractivity contribution in [2.45, 2.75) is 13.0 Å². The molecule has 9 nitrogen and oxygen atoms in total. The van der Waals surface area contributed by atoms with Gasteiger partial charge < -0.3 is 24.6 Å². The number of anilines is 1. The van der Waals surface area contributed by atoms with Crippen molar-refractivity contribution >= 4 is 17.6 Å². The fourth-order valence-corrected chi connectivity index (χ4v) is 4.11. The average molecular weight is 456 g/mol. The second-order valence-electron chi connectivity index (χ2n) is 8.28. The molecule has 4 rings (SSSR count). The zero-order valence-electron chi connectivity index (χ0n) is 18.7. The molecule has 2 heterocycles. The van der Waals surface area contributed by atoms with E-state index >= 15 is 0 Å². The number of methoxy groups -OCH3 is 1. The minimum Gasteiger partial charge on any atom is -0.497 e. The molecule has 2 aliphatic rings. The smallest absolute Gasteiger partial charge is 0.308 e. The minimum absolute atomic E-state index is 0.0794. The van der Waals surface area contributed by atoms with E-state index in [-0.39, 0.29) is 19.1 Å². The first-order chi connectivity index (χ1) is 16.0. The molecule has 1 atom stereocenters. The number of nitrogens with zero attached hydrogens (tertiary/aromatic N) is 2. The number of aliphatic carboxylic acids is 1. The van der Waals surface area contributed by atoms with Crippen LogP contribution in [0.4, 0.5) is 5.69 Å². The first kappa shape index (κ1) is 22.9. The van der Waals surface area contributed by atoms with E-state index in [1.807, 2.05) is 18.2 Å². The summed E-state index contributed by atoms with van der Waals surface area (Å²) in [5.74, 6) is 0.134. The van der Waals surface area contributed by atoms with E-state index in [0.717, 1.165) is 49.8 Å². The molecule has 0 bridgehead atoms. The van der Waals surface area contributed by atoms with Crippen LogP contribution in [0.3, 0.4) is 0 Å². The summed E-state index contributed by atoms with van der Waals surface area (Å²) in [6.45, 7) is 4.58. The molecule has 0 spiro atoms. The monoisotopic (exact) mass is 455 g/mol. The largest absolute Gasteiger partial charge is 0.497 e. The molecule has 0 aromatic heterocycles. The van der Waals surface area contributed by atoms with Crippen LogP contribution in [0.1, 0.15) is 12.0 Å². The lowest BCUT2D eigenvalue weighted by Gasteiger charge is -2.35. The molecule has 0 aliphatic carbocycles. The number of amides is 1. The van der Waals surface area contributed by atoms with Crippen LogP contribution < -0.4 is 19.5 Å². The third kappa shape index (κ3) is 6.15. The summed E-state index contributed by atoms with van der Waals surface area (Å²) >= 11 is 0. The molecule has 2 aliphatic heterocycles. The molecule has 9 heteroatoms. The Kier molecular flexibility index (Phi) is 7.31. The normalized spacial score (nSPS) is 16.9. The number of hydrogen-bond donors (Lipinski definition) is 2. The quantitative estimate of drug-likeness (QED) is 0.594. The van der Waals surface area contributed by atoms with E-state index in [2.05, 4.69) is 15.1 Å². The highest BCUT2D eigenvalue weighted by atomic mass is 16.7. The number of hydrogen-bond acceptors (Lipinski definition) is 7. The number of fused-ring (bicyclic) bond motifs is 1. The van der Waals surface area contributed by atoms with E-state index in [4.69, 9.17) is 14.2 Å². The summed E-state index contributed by atoms with van der Waals surface area (Å²) in [6, 6.07) is 13.0. The molecule has 33 heavy (non-hydrogen) atoms. The molecule has 2 aromatic carbocycles. The number of nitrogens with one attached hydrogen (secondary N) is 1. The summed E-state index contributed by atoms with van der Waals surface area (Å²) in [4.78, 5) is 28.7. The Balaban J connectivity index is 1.25. The summed E-state index contributed by atoms with van der Waals surface area (Å²) in [5.41, 5.74) is 1.74. The highest BCUT2D eigenvalue weighted by Crippen LogP contribution is 2.32. The number of ether oxygens (including phenoxy) is 3. The Hall–Kier alpha value is -3.30. The number of carbonyl (C=O) groups is 2. The van der Waals surface area contributed by atoms with Gasteiger partial charge in [0, 0.05) is 57.4 Å². The van der Waals surface area contributed by atoms with Crippen molar-refractivity contribution in [2.75, 3.05) is 51.9 Å². The van der Waals surface area contributed by atoms with Crippen molar-refractivity contribution in [3.8, 4) is 17.2 Å². The summed E-state index contributed by atoms with van der Waals surface area (Å²) < 4.78 is 16.0. The van der Waals surface area contributed by atoms with Crippen molar-refractivity contribution in [3.63, 3.8) is 0 Å². The molecule has 2 N–H and O–H groups in total. The van der Waals surface area contributed by atoms with Crippen LogP contribution in [-0.2, 0) is 16.1 Å². The summed E-state index contributed by atoms with van der Waals surface area (Å²) in [5, 5.41) is 12.4. The van der Waals surface area contributed by atoms with Crippen molar-refractivity contribution in [3.05, 3.63) is 48.0 Å². The first-order valence-electron chi connectivity index (χ1n) is 11.0. The Bertz CT molecular complexity index is 990. The fourth-order valence-electron chi connectivity index (χ4n) is 4.11. The van der Waals surface area contributed by atoms with Gasteiger partial charge in [0.05, 0.1) is 13.0 Å². The number of carbonyl (C=O) groups excluding carboxylic acids is 1. The molecule has 1 amide bonds. The van der Waals surface area contributed by atoms with Crippen LogP contribution in [0.5, 0.6) is 17.2 Å². The Labute approximate surface area is 192 Å². The second kappa shape index (κ2) is 10.5. The molecule has 1 saturated heterocycles. The van der Waals surface area contributed by atoms with Crippen LogP contribution >= 0.6 is 0 Å². The molecule has 176 valence electrons. The van der Waals surface area contributed by atoms with Crippen LogP contribution in [-0.4, -0.2) is 73.4 Å². The van der Waals surface area contributed by atoms with Gasteiger partial charge in [-0.25, -0.2) is 0 Å².